The Morgan fingerprint density at radius 3 is 2.42 bits per heavy atom. The molecule has 0 bridgehead atoms. The predicted molar refractivity (Wildman–Crippen MR) is 80.0 cm³/mol. The van der Waals surface area contributed by atoms with E-state index in [4.69, 9.17) is 4.74 Å². The summed E-state index contributed by atoms with van der Waals surface area (Å²) in [5.41, 5.74) is -0.259. The van der Waals surface area contributed by atoms with Gasteiger partial charge in [0.15, 0.2) is 0 Å². The molecular weight excluding hydrogens is 240 g/mol. The standard InChI is InChI=1S/C16H28O3/c1-7-16(5,18)12-14(17)11-13(2)9-8-10-15(3,4)19-6/h7-8,10-11,14,17-18H,1,9,12H2,2-6H3. The van der Waals surface area contributed by atoms with Gasteiger partial charge in [-0.15, -0.1) is 6.58 Å². The van der Waals surface area contributed by atoms with Crippen molar-refractivity contribution in [1.29, 1.82) is 0 Å². The molecule has 0 amide bonds. The van der Waals surface area contributed by atoms with Gasteiger partial charge < -0.3 is 14.9 Å². The normalized spacial score (nSPS) is 18.4. The van der Waals surface area contributed by atoms with Crippen molar-refractivity contribution < 1.29 is 14.9 Å². The van der Waals surface area contributed by atoms with Gasteiger partial charge in [-0.1, -0.05) is 29.9 Å². The average Bonchev–Trinajstić information content (AvgIpc) is 2.27. The zero-order chi connectivity index (χ0) is 15.1. The summed E-state index contributed by atoms with van der Waals surface area (Å²) in [6.07, 6.45) is 7.56. The summed E-state index contributed by atoms with van der Waals surface area (Å²) in [4.78, 5) is 0. The van der Waals surface area contributed by atoms with Gasteiger partial charge in [0.1, 0.15) is 0 Å². The minimum absolute atomic E-state index is 0.251. The molecule has 2 unspecified atom stereocenters. The van der Waals surface area contributed by atoms with Gasteiger partial charge in [0.05, 0.1) is 17.3 Å². The number of hydrogen-bond acceptors (Lipinski definition) is 3. The molecule has 0 aromatic rings. The first kappa shape index (κ1) is 18.1. The van der Waals surface area contributed by atoms with Crippen molar-refractivity contribution in [3.63, 3.8) is 0 Å². The Kier molecular flexibility index (Phi) is 7.27. The summed E-state index contributed by atoms with van der Waals surface area (Å²) in [6, 6.07) is 0. The highest BCUT2D eigenvalue weighted by molar-refractivity contribution is 5.10. The summed E-state index contributed by atoms with van der Waals surface area (Å²) in [7, 11) is 1.67. The second-order valence-electron chi connectivity index (χ2n) is 5.76. The third-order valence-corrected chi connectivity index (χ3v) is 3.02. The molecule has 0 fully saturated rings. The first-order valence-electron chi connectivity index (χ1n) is 6.56. The predicted octanol–water partition coefficient (Wildman–Crippen LogP) is 2.99. The fourth-order valence-corrected chi connectivity index (χ4v) is 1.56. The lowest BCUT2D eigenvalue weighted by molar-refractivity contribution is 0.0574. The van der Waals surface area contributed by atoms with E-state index in [1.165, 1.54) is 6.08 Å². The quantitative estimate of drug-likeness (QED) is 0.665. The maximum Gasteiger partial charge on any atom is 0.0824 e. The van der Waals surface area contributed by atoms with E-state index in [0.717, 1.165) is 12.0 Å². The van der Waals surface area contributed by atoms with Crippen LogP contribution in [0.3, 0.4) is 0 Å². The van der Waals surface area contributed by atoms with E-state index in [1.54, 1.807) is 20.1 Å². The topological polar surface area (TPSA) is 49.7 Å². The highest BCUT2D eigenvalue weighted by Gasteiger charge is 2.19. The van der Waals surface area contributed by atoms with Crippen LogP contribution in [-0.4, -0.2) is 34.6 Å². The van der Waals surface area contributed by atoms with E-state index in [9.17, 15) is 10.2 Å². The lowest BCUT2D eigenvalue weighted by atomic mass is 9.97. The molecule has 0 aromatic carbocycles. The van der Waals surface area contributed by atoms with Crippen LogP contribution >= 0.6 is 0 Å². The average molecular weight is 268 g/mol. The van der Waals surface area contributed by atoms with E-state index in [-0.39, 0.29) is 12.0 Å². The zero-order valence-electron chi connectivity index (χ0n) is 12.8. The monoisotopic (exact) mass is 268 g/mol. The zero-order valence-corrected chi connectivity index (χ0v) is 12.8. The fraction of sp³-hybridized carbons (Fsp3) is 0.625. The van der Waals surface area contributed by atoms with Crippen LogP contribution in [0.2, 0.25) is 0 Å². The Bertz CT molecular complexity index is 338. The third-order valence-electron chi connectivity index (χ3n) is 3.02. The van der Waals surface area contributed by atoms with Crippen LogP contribution in [0.25, 0.3) is 0 Å². The van der Waals surface area contributed by atoms with Gasteiger partial charge in [0.25, 0.3) is 0 Å². The number of methoxy groups -OCH3 is 1. The van der Waals surface area contributed by atoms with E-state index in [0.29, 0.717) is 0 Å². The SMILES string of the molecule is C=CC(C)(O)CC(O)C=C(C)CC=CC(C)(C)OC. The van der Waals surface area contributed by atoms with Gasteiger partial charge in [-0.3, -0.25) is 0 Å². The molecule has 0 aliphatic rings. The summed E-state index contributed by atoms with van der Waals surface area (Å²) in [5, 5.41) is 19.6. The molecule has 0 aromatic heterocycles. The van der Waals surface area contributed by atoms with Crippen molar-refractivity contribution in [1.82, 2.24) is 0 Å². The summed E-state index contributed by atoms with van der Waals surface area (Å²) in [5.74, 6) is 0. The third kappa shape index (κ3) is 8.76. The van der Waals surface area contributed by atoms with Crippen LogP contribution in [0.1, 0.15) is 40.5 Å². The van der Waals surface area contributed by atoms with Crippen LogP contribution in [0.4, 0.5) is 0 Å². The van der Waals surface area contributed by atoms with Gasteiger partial charge in [0, 0.05) is 13.5 Å². The van der Waals surface area contributed by atoms with Gasteiger partial charge in [-0.2, -0.15) is 0 Å². The van der Waals surface area contributed by atoms with Crippen LogP contribution in [-0.2, 0) is 4.74 Å². The van der Waals surface area contributed by atoms with Crippen molar-refractivity contribution in [2.75, 3.05) is 7.11 Å². The van der Waals surface area contributed by atoms with Crippen LogP contribution in [0.5, 0.6) is 0 Å². The Morgan fingerprint density at radius 1 is 1.37 bits per heavy atom. The molecule has 0 saturated carbocycles. The van der Waals surface area contributed by atoms with E-state index >= 15 is 0 Å². The second kappa shape index (κ2) is 7.63. The molecule has 0 rings (SSSR count). The van der Waals surface area contributed by atoms with Crippen LogP contribution < -0.4 is 0 Å². The van der Waals surface area contributed by atoms with Crippen molar-refractivity contribution in [3.05, 3.63) is 36.5 Å². The number of aliphatic hydroxyl groups excluding tert-OH is 1. The number of hydrogen-bond donors (Lipinski definition) is 2. The molecule has 0 radical (unpaired) electrons. The highest BCUT2D eigenvalue weighted by atomic mass is 16.5. The Hall–Kier alpha value is -0.900. The maximum absolute atomic E-state index is 9.86. The molecular formula is C16H28O3. The lowest BCUT2D eigenvalue weighted by Crippen LogP contribution is -2.26. The summed E-state index contributed by atoms with van der Waals surface area (Å²) in [6.45, 7) is 11.1. The molecule has 110 valence electrons. The van der Waals surface area contributed by atoms with E-state index in [1.807, 2.05) is 32.9 Å². The summed E-state index contributed by atoms with van der Waals surface area (Å²) < 4.78 is 5.28. The molecule has 3 heteroatoms. The number of aliphatic hydroxyl groups is 2. The fourth-order valence-electron chi connectivity index (χ4n) is 1.56. The minimum Gasteiger partial charge on any atom is -0.389 e. The highest BCUT2D eigenvalue weighted by Crippen LogP contribution is 2.16. The molecule has 3 nitrogen and oxygen atoms in total. The van der Waals surface area contributed by atoms with Gasteiger partial charge in [-0.05, 0) is 34.1 Å². The van der Waals surface area contributed by atoms with Crippen molar-refractivity contribution in [3.8, 4) is 0 Å². The van der Waals surface area contributed by atoms with Crippen LogP contribution in [0, 0.1) is 0 Å². The van der Waals surface area contributed by atoms with Gasteiger partial charge in [-0.25, -0.2) is 0 Å². The second-order valence-corrected chi connectivity index (χ2v) is 5.76. The number of ether oxygens (including phenoxy) is 1. The lowest BCUT2D eigenvalue weighted by Gasteiger charge is -2.20. The minimum atomic E-state index is -1.04. The molecule has 2 atom stereocenters. The van der Waals surface area contributed by atoms with Gasteiger partial charge in [0.2, 0.25) is 0 Å². The van der Waals surface area contributed by atoms with E-state index < -0.39 is 11.7 Å². The van der Waals surface area contributed by atoms with Crippen LogP contribution in [0.15, 0.2) is 36.5 Å². The number of rotatable bonds is 8. The maximum atomic E-state index is 9.86. The van der Waals surface area contributed by atoms with Crippen molar-refractivity contribution >= 4 is 0 Å². The van der Waals surface area contributed by atoms with Crippen molar-refractivity contribution in [2.45, 2.75) is 57.8 Å². The van der Waals surface area contributed by atoms with E-state index in [2.05, 4.69) is 6.58 Å². The smallest absolute Gasteiger partial charge is 0.0824 e. The molecule has 0 heterocycles. The molecule has 0 aliphatic heterocycles. The largest absolute Gasteiger partial charge is 0.389 e. The van der Waals surface area contributed by atoms with Crippen molar-refractivity contribution in [2.24, 2.45) is 0 Å². The summed E-state index contributed by atoms with van der Waals surface area (Å²) >= 11 is 0. The molecule has 0 saturated heterocycles. The Morgan fingerprint density at radius 2 is 1.95 bits per heavy atom. The Labute approximate surface area is 117 Å². The first-order valence-corrected chi connectivity index (χ1v) is 6.56. The number of allylic oxidation sites excluding steroid dienone is 2. The molecule has 2 N–H and O–H groups in total. The molecule has 0 spiro atoms. The Balaban J connectivity index is 4.38. The van der Waals surface area contributed by atoms with Gasteiger partial charge >= 0.3 is 0 Å². The molecule has 19 heavy (non-hydrogen) atoms. The molecule has 0 aliphatic carbocycles. The first-order chi connectivity index (χ1) is 8.62.